The highest BCUT2D eigenvalue weighted by Gasteiger charge is 2.09. The number of hydrogen-bond acceptors (Lipinski definition) is 3. The van der Waals surface area contributed by atoms with Crippen LogP contribution in [0.3, 0.4) is 0 Å². The third-order valence-electron chi connectivity index (χ3n) is 2.54. The molecule has 0 saturated heterocycles. The van der Waals surface area contributed by atoms with Crippen molar-refractivity contribution in [3.8, 4) is 6.07 Å². The average molecular weight is 257 g/mol. The van der Waals surface area contributed by atoms with Crippen LogP contribution in [0.15, 0.2) is 30.0 Å². The maximum Gasteiger partial charge on any atom is 0.263 e. The first-order valence-electron chi connectivity index (χ1n) is 6.19. The van der Waals surface area contributed by atoms with Crippen LogP contribution in [-0.2, 0) is 4.79 Å². The number of hydrogen-bond donors (Lipinski definition) is 2. The summed E-state index contributed by atoms with van der Waals surface area (Å²) < 4.78 is 0. The van der Waals surface area contributed by atoms with Gasteiger partial charge in [0.1, 0.15) is 11.6 Å². The van der Waals surface area contributed by atoms with Gasteiger partial charge in [-0.3, -0.25) is 4.79 Å². The second-order valence-corrected chi connectivity index (χ2v) is 4.76. The number of carbonyl (C=O) groups excluding carboxylic acids is 1. The number of benzene rings is 1. The standard InChI is InChI=1S/C15H19N3O/c1-10(2)18-15(19)13(8-16)9-17-14-6-5-11(3)7-12(14)4/h5-7,9-10,17H,1-4H3,(H,18,19)/b13-9-. The quantitative estimate of drug-likeness (QED) is 0.643. The van der Waals surface area contributed by atoms with Crippen molar-refractivity contribution in [3.63, 3.8) is 0 Å². The Labute approximate surface area is 114 Å². The molecular weight excluding hydrogens is 238 g/mol. The van der Waals surface area contributed by atoms with Crippen LogP contribution in [0.1, 0.15) is 25.0 Å². The van der Waals surface area contributed by atoms with E-state index in [1.54, 1.807) is 0 Å². The zero-order valence-electron chi connectivity index (χ0n) is 11.7. The van der Waals surface area contributed by atoms with Gasteiger partial charge < -0.3 is 10.6 Å². The van der Waals surface area contributed by atoms with Crippen LogP contribution >= 0.6 is 0 Å². The van der Waals surface area contributed by atoms with Crippen molar-refractivity contribution in [2.75, 3.05) is 5.32 Å². The minimum atomic E-state index is -0.366. The Morgan fingerprint density at radius 2 is 2.05 bits per heavy atom. The van der Waals surface area contributed by atoms with Crippen molar-refractivity contribution >= 4 is 11.6 Å². The van der Waals surface area contributed by atoms with Crippen molar-refractivity contribution in [2.45, 2.75) is 33.7 Å². The van der Waals surface area contributed by atoms with E-state index in [1.807, 2.05) is 52.0 Å². The summed E-state index contributed by atoms with van der Waals surface area (Å²) in [6.45, 7) is 7.70. The van der Waals surface area contributed by atoms with Gasteiger partial charge in [0.2, 0.25) is 0 Å². The molecule has 100 valence electrons. The molecule has 1 rings (SSSR count). The molecule has 4 heteroatoms. The van der Waals surface area contributed by atoms with E-state index >= 15 is 0 Å². The normalized spacial score (nSPS) is 11.1. The molecular formula is C15H19N3O. The fraction of sp³-hybridized carbons (Fsp3) is 0.333. The Morgan fingerprint density at radius 1 is 1.37 bits per heavy atom. The SMILES string of the molecule is Cc1ccc(N/C=C(/C#N)C(=O)NC(C)C)c(C)c1. The Morgan fingerprint density at radius 3 is 2.58 bits per heavy atom. The van der Waals surface area contributed by atoms with Crippen LogP contribution in [0.2, 0.25) is 0 Å². The van der Waals surface area contributed by atoms with Crippen molar-refractivity contribution in [3.05, 3.63) is 41.1 Å². The maximum atomic E-state index is 11.7. The van der Waals surface area contributed by atoms with Crippen molar-refractivity contribution in [1.29, 1.82) is 5.26 Å². The number of nitrogens with zero attached hydrogens (tertiary/aromatic N) is 1. The first kappa shape index (κ1) is 14.8. The van der Waals surface area contributed by atoms with Crippen LogP contribution < -0.4 is 10.6 Å². The molecule has 1 aromatic carbocycles. The van der Waals surface area contributed by atoms with E-state index in [0.717, 1.165) is 11.3 Å². The van der Waals surface area contributed by atoms with Gasteiger partial charge in [-0.2, -0.15) is 5.26 Å². The molecule has 1 amide bonds. The molecule has 0 saturated carbocycles. The van der Waals surface area contributed by atoms with Gasteiger partial charge in [0.25, 0.3) is 5.91 Å². The third kappa shape index (κ3) is 4.47. The van der Waals surface area contributed by atoms with E-state index in [-0.39, 0.29) is 17.5 Å². The molecule has 19 heavy (non-hydrogen) atoms. The smallest absolute Gasteiger partial charge is 0.263 e. The molecule has 0 heterocycles. The van der Waals surface area contributed by atoms with E-state index in [2.05, 4.69) is 10.6 Å². The van der Waals surface area contributed by atoms with Gasteiger partial charge in [0.15, 0.2) is 0 Å². The second kappa shape index (κ2) is 6.60. The van der Waals surface area contributed by atoms with E-state index in [4.69, 9.17) is 5.26 Å². The first-order chi connectivity index (χ1) is 8.93. The molecule has 0 aliphatic heterocycles. The molecule has 0 fully saturated rings. The number of nitrogens with one attached hydrogen (secondary N) is 2. The second-order valence-electron chi connectivity index (χ2n) is 4.76. The van der Waals surface area contributed by atoms with E-state index in [0.29, 0.717) is 0 Å². The summed E-state index contributed by atoms with van der Waals surface area (Å²) in [7, 11) is 0. The highest BCUT2D eigenvalue weighted by molar-refractivity contribution is 5.97. The molecule has 0 atom stereocenters. The van der Waals surface area contributed by atoms with Gasteiger partial charge in [-0.05, 0) is 39.3 Å². The summed E-state index contributed by atoms with van der Waals surface area (Å²) in [5.74, 6) is -0.366. The fourth-order valence-corrected chi connectivity index (χ4v) is 1.61. The summed E-state index contributed by atoms with van der Waals surface area (Å²) in [6, 6.07) is 7.84. The highest BCUT2D eigenvalue weighted by atomic mass is 16.1. The van der Waals surface area contributed by atoms with Gasteiger partial charge in [0, 0.05) is 17.9 Å². The van der Waals surface area contributed by atoms with Gasteiger partial charge in [-0.15, -0.1) is 0 Å². The molecule has 0 aliphatic rings. The monoisotopic (exact) mass is 257 g/mol. The van der Waals surface area contributed by atoms with E-state index in [9.17, 15) is 4.79 Å². The lowest BCUT2D eigenvalue weighted by molar-refractivity contribution is -0.117. The first-order valence-corrected chi connectivity index (χ1v) is 6.19. The largest absolute Gasteiger partial charge is 0.360 e. The van der Waals surface area contributed by atoms with E-state index in [1.165, 1.54) is 11.8 Å². The van der Waals surface area contributed by atoms with Crippen LogP contribution in [-0.4, -0.2) is 11.9 Å². The zero-order chi connectivity index (χ0) is 14.4. The summed E-state index contributed by atoms with van der Waals surface area (Å²) in [4.78, 5) is 11.7. The molecule has 2 N–H and O–H groups in total. The van der Waals surface area contributed by atoms with Crippen LogP contribution in [0, 0.1) is 25.2 Å². The Hall–Kier alpha value is -2.28. The lowest BCUT2D eigenvalue weighted by Crippen LogP contribution is -2.31. The average Bonchev–Trinajstić information content (AvgIpc) is 2.31. The minimum Gasteiger partial charge on any atom is -0.360 e. The van der Waals surface area contributed by atoms with Gasteiger partial charge >= 0.3 is 0 Å². The van der Waals surface area contributed by atoms with Gasteiger partial charge in [0.05, 0.1) is 0 Å². The van der Waals surface area contributed by atoms with Gasteiger partial charge in [-0.1, -0.05) is 17.7 Å². The Balaban J connectivity index is 2.83. The van der Waals surface area contributed by atoms with Crippen molar-refractivity contribution in [1.82, 2.24) is 5.32 Å². The minimum absolute atomic E-state index is 0.00496. The summed E-state index contributed by atoms with van der Waals surface area (Å²) in [5, 5.41) is 14.7. The topological polar surface area (TPSA) is 64.9 Å². The zero-order valence-corrected chi connectivity index (χ0v) is 11.7. The number of nitriles is 1. The number of rotatable bonds is 4. The van der Waals surface area contributed by atoms with Crippen LogP contribution in [0.25, 0.3) is 0 Å². The summed E-state index contributed by atoms with van der Waals surface area (Å²) in [6.07, 6.45) is 1.44. The molecule has 0 unspecified atom stereocenters. The predicted molar refractivity (Wildman–Crippen MR) is 76.5 cm³/mol. The molecule has 0 bridgehead atoms. The third-order valence-corrected chi connectivity index (χ3v) is 2.54. The number of anilines is 1. The number of amides is 1. The lowest BCUT2D eigenvalue weighted by Gasteiger charge is -2.09. The number of carbonyl (C=O) groups is 1. The molecule has 0 aliphatic carbocycles. The molecule has 0 aromatic heterocycles. The van der Waals surface area contributed by atoms with Crippen LogP contribution in [0.4, 0.5) is 5.69 Å². The summed E-state index contributed by atoms with van der Waals surface area (Å²) >= 11 is 0. The Bertz CT molecular complexity index is 539. The van der Waals surface area contributed by atoms with Crippen molar-refractivity contribution < 1.29 is 4.79 Å². The van der Waals surface area contributed by atoms with Gasteiger partial charge in [-0.25, -0.2) is 0 Å². The number of aryl methyl sites for hydroxylation is 2. The van der Waals surface area contributed by atoms with Crippen molar-refractivity contribution in [2.24, 2.45) is 0 Å². The van der Waals surface area contributed by atoms with Crippen LogP contribution in [0.5, 0.6) is 0 Å². The molecule has 4 nitrogen and oxygen atoms in total. The fourth-order valence-electron chi connectivity index (χ4n) is 1.61. The molecule has 1 aromatic rings. The molecule has 0 spiro atoms. The lowest BCUT2D eigenvalue weighted by atomic mass is 10.1. The maximum absolute atomic E-state index is 11.7. The van der Waals surface area contributed by atoms with E-state index < -0.39 is 0 Å². The summed E-state index contributed by atoms with van der Waals surface area (Å²) in [5.41, 5.74) is 3.19. The predicted octanol–water partition coefficient (Wildman–Crippen LogP) is 2.65. The Kier molecular flexibility index (Phi) is 5.13. The highest BCUT2D eigenvalue weighted by Crippen LogP contribution is 2.16. The molecule has 0 radical (unpaired) electrons.